The van der Waals surface area contributed by atoms with Crippen molar-refractivity contribution in [2.45, 2.75) is 0 Å². The number of halogens is 2. The van der Waals surface area contributed by atoms with E-state index in [2.05, 4.69) is 0 Å². The van der Waals surface area contributed by atoms with Gasteiger partial charge in [-0.1, -0.05) is 0 Å². The molecule has 0 aliphatic carbocycles. The van der Waals surface area contributed by atoms with E-state index in [1.54, 1.807) is 0 Å². The summed E-state index contributed by atoms with van der Waals surface area (Å²) < 4.78 is 31.1. The lowest BCUT2D eigenvalue weighted by molar-refractivity contribution is -0.384. The first kappa shape index (κ1) is 12.7. The van der Waals surface area contributed by atoms with Gasteiger partial charge >= 0.3 is 0 Å². The van der Waals surface area contributed by atoms with Crippen LogP contribution in [0.4, 0.5) is 20.2 Å². The molecule has 2 rings (SSSR count). The molecule has 0 saturated heterocycles. The van der Waals surface area contributed by atoms with Gasteiger partial charge in [-0.25, -0.2) is 8.78 Å². The number of hydrogen-bond acceptors (Lipinski definition) is 4. The molecule has 0 fully saturated rings. The minimum atomic E-state index is -0.812. The van der Waals surface area contributed by atoms with Crippen molar-refractivity contribution in [3.63, 3.8) is 0 Å². The highest BCUT2D eigenvalue weighted by atomic mass is 19.1. The number of rotatable bonds is 3. The van der Waals surface area contributed by atoms with Crippen molar-refractivity contribution < 1.29 is 18.4 Å². The van der Waals surface area contributed by atoms with Crippen molar-refractivity contribution >= 4 is 11.4 Å². The molecule has 0 atom stereocenters. The highest BCUT2D eigenvalue weighted by Crippen LogP contribution is 2.29. The number of nitro groups is 1. The summed E-state index contributed by atoms with van der Waals surface area (Å²) in [7, 11) is 0. The van der Waals surface area contributed by atoms with Crippen LogP contribution in [0, 0.1) is 21.7 Å². The second kappa shape index (κ2) is 4.89. The molecular weight excluding hydrogens is 258 g/mol. The van der Waals surface area contributed by atoms with Gasteiger partial charge in [-0.3, -0.25) is 10.1 Å². The topological polar surface area (TPSA) is 78.4 Å². The number of anilines is 1. The highest BCUT2D eigenvalue weighted by molar-refractivity contribution is 5.54. The fraction of sp³-hybridized carbons (Fsp3) is 0. The summed E-state index contributed by atoms with van der Waals surface area (Å²) in [6.07, 6.45) is 0. The summed E-state index contributed by atoms with van der Waals surface area (Å²) in [6.45, 7) is 0. The van der Waals surface area contributed by atoms with Crippen LogP contribution in [0.2, 0.25) is 0 Å². The molecule has 0 unspecified atom stereocenters. The Kier molecular flexibility index (Phi) is 3.28. The van der Waals surface area contributed by atoms with Gasteiger partial charge in [0, 0.05) is 36.0 Å². The van der Waals surface area contributed by atoms with Crippen LogP contribution < -0.4 is 10.5 Å². The molecule has 0 heterocycles. The first-order valence-corrected chi connectivity index (χ1v) is 5.13. The highest BCUT2D eigenvalue weighted by Gasteiger charge is 2.10. The van der Waals surface area contributed by atoms with Crippen LogP contribution in [0.5, 0.6) is 11.5 Å². The second-order valence-electron chi connectivity index (χ2n) is 3.72. The van der Waals surface area contributed by atoms with Crippen LogP contribution in [0.1, 0.15) is 0 Å². The van der Waals surface area contributed by atoms with Crippen molar-refractivity contribution in [1.29, 1.82) is 0 Å². The Bertz CT molecular complexity index is 627. The third-order valence-electron chi connectivity index (χ3n) is 2.20. The Hall–Kier alpha value is -2.70. The number of nitro benzene ring substituents is 1. The van der Waals surface area contributed by atoms with Crippen LogP contribution in [-0.4, -0.2) is 4.92 Å². The average Bonchev–Trinajstić information content (AvgIpc) is 2.26. The van der Waals surface area contributed by atoms with Gasteiger partial charge in [0.15, 0.2) is 0 Å². The molecule has 7 heteroatoms. The number of non-ortho nitro benzene ring substituents is 1. The normalized spacial score (nSPS) is 10.2. The summed E-state index contributed by atoms with van der Waals surface area (Å²) in [5.74, 6) is -1.71. The molecule has 0 amide bonds. The molecule has 0 spiro atoms. The lowest BCUT2D eigenvalue weighted by atomic mass is 10.2. The number of benzene rings is 2. The fourth-order valence-corrected chi connectivity index (χ4v) is 1.49. The maximum Gasteiger partial charge on any atom is 0.275 e. The molecular formula is C12H8F2N2O3. The molecule has 5 nitrogen and oxygen atoms in total. The molecule has 0 aliphatic heterocycles. The Morgan fingerprint density at radius 3 is 2.16 bits per heavy atom. The van der Waals surface area contributed by atoms with E-state index < -0.39 is 16.6 Å². The lowest BCUT2D eigenvalue weighted by Gasteiger charge is -2.06. The minimum Gasteiger partial charge on any atom is -0.457 e. The predicted molar refractivity (Wildman–Crippen MR) is 63.9 cm³/mol. The maximum atomic E-state index is 13.0. The van der Waals surface area contributed by atoms with E-state index in [1.807, 2.05) is 0 Å². The van der Waals surface area contributed by atoms with Crippen molar-refractivity contribution in [3.8, 4) is 11.5 Å². The Morgan fingerprint density at radius 2 is 1.58 bits per heavy atom. The molecule has 19 heavy (non-hydrogen) atoms. The molecule has 0 saturated carbocycles. The molecule has 0 aliphatic rings. The largest absolute Gasteiger partial charge is 0.457 e. The zero-order chi connectivity index (χ0) is 14.0. The second-order valence-corrected chi connectivity index (χ2v) is 3.72. The lowest BCUT2D eigenvalue weighted by Crippen LogP contribution is -1.94. The quantitative estimate of drug-likeness (QED) is 0.525. The van der Waals surface area contributed by atoms with Crippen molar-refractivity contribution in [1.82, 2.24) is 0 Å². The van der Waals surface area contributed by atoms with Crippen molar-refractivity contribution in [2.24, 2.45) is 0 Å². The van der Waals surface area contributed by atoms with Crippen LogP contribution in [-0.2, 0) is 0 Å². The van der Waals surface area contributed by atoms with Gasteiger partial charge in [-0.15, -0.1) is 0 Å². The van der Waals surface area contributed by atoms with E-state index in [0.717, 1.165) is 24.3 Å². The summed E-state index contributed by atoms with van der Waals surface area (Å²) in [6, 6.07) is 6.18. The van der Waals surface area contributed by atoms with E-state index >= 15 is 0 Å². The zero-order valence-electron chi connectivity index (χ0n) is 9.47. The van der Waals surface area contributed by atoms with Crippen LogP contribution in [0.25, 0.3) is 0 Å². The third kappa shape index (κ3) is 3.15. The van der Waals surface area contributed by atoms with Crippen LogP contribution in [0.3, 0.4) is 0 Å². The molecule has 0 aromatic heterocycles. The SMILES string of the molecule is Nc1cc(Oc2cc(F)cc(F)c2)cc([N+](=O)[O-])c1. The van der Waals surface area contributed by atoms with E-state index in [4.69, 9.17) is 10.5 Å². The standard InChI is InChI=1S/C12H8F2N2O3/c13-7-1-8(14)3-11(2-7)19-12-5-9(15)4-10(6-12)16(17)18/h1-6H,15H2. The molecule has 2 aromatic carbocycles. The first-order valence-electron chi connectivity index (χ1n) is 5.13. The number of nitrogen functional groups attached to an aromatic ring is 1. The monoisotopic (exact) mass is 266 g/mol. The van der Waals surface area contributed by atoms with E-state index in [0.29, 0.717) is 6.07 Å². The Morgan fingerprint density at radius 1 is 1.00 bits per heavy atom. The number of ether oxygens (including phenoxy) is 1. The molecule has 2 aromatic rings. The molecule has 0 bridgehead atoms. The third-order valence-corrected chi connectivity index (χ3v) is 2.20. The van der Waals surface area contributed by atoms with Gasteiger partial charge in [0.05, 0.1) is 11.0 Å². The summed E-state index contributed by atoms with van der Waals surface area (Å²) in [5, 5.41) is 10.6. The van der Waals surface area contributed by atoms with Gasteiger partial charge < -0.3 is 10.5 Å². The average molecular weight is 266 g/mol. The summed E-state index contributed by atoms with van der Waals surface area (Å²) in [4.78, 5) is 10.00. The van der Waals surface area contributed by atoms with Crippen LogP contribution in [0.15, 0.2) is 36.4 Å². The van der Waals surface area contributed by atoms with Gasteiger partial charge in [0.1, 0.15) is 23.1 Å². The summed E-state index contributed by atoms with van der Waals surface area (Å²) >= 11 is 0. The zero-order valence-corrected chi connectivity index (χ0v) is 9.47. The number of hydrogen-bond donors (Lipinski definition) is 1. The van der Waals surface area contributed by atoms with Crippen molar-refractivity contribution in [3.05, 3.63) is 58.1 Å². The van der Waals surface area contributed by atoms with Crippen molar-refractivity contribution in [2.75, 3.05) is 5.73 Å². The number of nitrogens with zero attached hydrogens (tertiary/aromatic N) is 1. The molecule has 98 valence electrons. The first-order chi connectivity index (χ1) is 8.94. The van der Waals surface area contributed by atoms with E-state index in [-0.39, 0.29) is 22.9 Å². The van der Waals surface area contributed by atoms with Gasteiger partial charge in [0.25, 0.3) is 5.69 Å². The predicted octanol–water partition coefficient (Wildman–Crippen LogP) is 3.25. The number of nitrogens with two attached hydrogens (primary N) is 1. The van der Waals surface area contributed by atoms with E-state index in [9.17, 15) is 18.9 Å². The minimum absolute atomic E-state index is 0.0247. The smallest absolute Gasteiger partial charge is 0.275 e. The fourth-order valence-electron chi connectivity index (χ4n) is 1.49. The Balaban J connectivity index is 2.35. The van der Waals surface area contributed by atoms with Crippen LogP contribution >= 0.6 is 0 Å². The van der Waals surface area contributed by atoms with Gasteiger partial charge in [-0.05, 0) is 0 Å². The summed E-state index contributed by atoms with van der Waals surface area (Å²) in [5.41, 5.74) is 5.32. The Labute approximate surface area is 106 Å². The van der Waals surface area contributed by atoms with E-state index in [1.165, 1.54) is 6.07 Å². The molecule has 2 N–H and O–H groups in total. The molecule has 0 radical (unpaired) electrons. The van der Waals surface area contributed by atoms with Gasteiger partial charge in [0.2, 0.25) is 0 Å². The van der Waals surface area contributed by atoms with Gasteiger partial charge in [-0.2, -0.15) is 0 Å². The maximum absolute atomic E-state index is 13.0.